The van der Waals surface area contributed by atoms with E-state index in [-0.39, 0.29) is 5.41 Å². The van der Waals surface area contributed by atoms with E-state index in [0.717, 1.165) is 60.1 Å². The summed E-state index contributed by atoms with van der Waals surface area (Å²) in [7, 11) is -3.12. The van der Waals surface area contributed by atoms with E-state index in [1.54, 1.807) is 0 Å². The fraction of sp³-hybridized carbons (Fsp3) is 0.0638. The number of hydrogen-bond acceptors (Lipinski definition) is 3. The van der Waals surface area contributed by atoms with Gasteiger partial charge in [-0.15, -0.1) is 0 Å². The van der Waals surface area contributed by atoms with E-state index in [1.165, 1.54) is 22.3 Å². The van der Waals surface area contributed by atoms with Gasteiger partial charge < -0.3 is 14.0 Å². The molecule has 1 aliphatic carbocycles. The molecule has 3 nitrogen and oxygen atoms in total. The van der Waals surface area contributed by atoms with E-state index in [4.69, 9.17) is 9.47 Å². The van der Waals surface area contributed by atoms with Crippen molar-refractivity contribution in [2.75, 3.05) is 0 Å². The Morgan fingerprint density at radius 2 is 1.04 bits per heavy atom. The highest BCUT2D eigenvalue weighted by molar-refractivity contribution is 7.85. The highest BCUT2D eigenvalue weighted by Gasteiger charge is 2.39. The summed E-state index contributed by atoms with van der Waals surface area (Å²) >= 11 is 0. The zero-order valence-corrected chi connectivity index (χ0v) is 29.2. The van der Waals surface area contributed by atoms with E-state index in [2.05, 4.69) is 98.8 Å². The van der Waals surface area contributed by atoms with Gasteiger partial charge in [0.1, 0.15) is 0 Å². The fourth-order valence-electron chi connectivity index (χ4n) is 8.18. The number of ether oxygens (including phenoxy) is 2. The van der Waals surface area contributed by atoms with E-state index in [1.807, 2.05) is 78.9 Å². The van der Waals surface area contributed by atoms with Crippen LogP contribution in [0.5, 0.6) is 23.0 Å². The lowest BCUT2D eigenvalue weighted by molar-refractivity contribution is 0.367. The third-order valence-electron chi connectivity index (χ3n) is 10.8. The molecule has 0 fully saturated rings. The molecule has 51 heavy (non-hydrogen) atoms. The standard InChI is InChI=1S/C47H33O3P/c1-47(2)41-27-31(40-29-44-46(39-20-12-11-19-36(39)40)50-45-35-18-10-9-13-30(35)22-26-43(45)49-44)21-24-37(41)38-25-23-34(28-42(38)47)51(48,32-14-5-3-6-15-32)33-16-7-4-8-17-33/h3-29H,1-2H3. The minimum atomic E-state index is -3.12. The molecule has 1 heterocycles. The molecule has 0 aromatic heterocycles. The van der Waals surface area contributed by atoms with Gasteiger partial charge in [-0.2, -0.15) is 0 Å². The molecule has 0 bridgehead atoms. The molecule has 244 valence electrons. The molecule has 0 radical (unpaired) electrons. The Morgan fingerprint density at radius 3 is 1.76 bits per heavy atom. The van der Waals surface area contributed by atoms with Crippen molar-refractivity contribution in [2.45, 2.75) is 19.3 Å². The topological polar surface area (TPSA) is 35.5 Å². The van der Waals surface area contributed by atoms with Gasteiger partial charge in [0.05, 0.1) is 0 Å². The Balaban J connectivity index is 1.09. The Bertz CT molecular complexity index is 2710. The second kappa shape index (κ2) is 11.1. The van der Waals surface area contributed by atoms with Crippen molar-refractivity contribution in [2.24, 2.45) is 0 Å². The van der Waals surface area contributed by atoms with E-state index < -0.39 is 7.14 Å². The molecule has 0 amide bonds. The normalized spacial score (nSPS) is 13.8. The first kappa shape index (κ1) is 30.0. The lowest BCUT2D eigenvalue weighted by atomic mass is 9.81. The van der Waals surface area contributed by atoms with Crippen LogP contribution in [0.2, 0.25) is 0 Å². The zero-order chi connectivity index (χ0) is 34.3. The van der Waals surface area contributed by atoms with Gasteiger partial charge in [-0.05, 0) is 68.4 Å². The Kier molecular flexibility index (Phi) is 6.50. The van der Waals surface area contributed by atoms with E-state index in [9.17, 15) is 0 Å². The van der Waals surface area contributed by atoms with Crippen molar-refractivity contribution in [3.05, 3.63) is 175 Å². The minimum absolute atomic E-state index is 0.321. The molecule has 8 aromatic rings. The molecule has 10 rings (SSSR count). The first-order valence-corrected chi connectivity index (χ1v) is 19.1. The summed E-state index contributed by atoms with van der Waals surface area (Å²) in [6, 6.07) is 55.9. The second-order valence-electron chi connectivity index (χ2n) is 14.0. The SMILES string of the molecule is CC1(C)c2cc(-c3cc4c(c5ccccc35)Oc3c(ccc5ccccc35)O4)ccc2-c2ccc(P(=O)(c3ccccc3)c3ccccc3)cc21. The smallest absolute Gasteiger partial charge is 0.178 e. The number of hydrogen-bond donors (Lipinski definition) is 0. The van der Waals surface area contributed by atoms with Crippen molar-refractivity contribution in [3.8, 4) is 45.3 Å². The van der Waals surface area contributed by atoms with Crippen LogP contribution in [0.15, 0.2) is 164 Å². The summed E-state index contributed by atoms with van der Waals surface area (Å²) in [6.45, 7) is 4.56. The third kappa shape index (κ3) is 4.41. The lowest BCUT2D eigenvalue weighted by Gasteiger charge is -2.26. The Labute approximate surface area is 297 Å². The highest BCUT2D eigenvalue weighted by Crippen LogP contribution is 2.55. The van der Waals surface area contributed by atoms with Gasteiger partial charge in [0.2, 0.25) is 0 Å². The summed E-state index contributed by atoms with van der Waals surface area (Å²) in [6.07, 6.45) is 0. The predicted molar refractivity (Wildman–Crippen MR) is 210 cm³/mol. The molecule has 0 atom stereocenters. The van der Waals surface area contributed by atoms with Gasteiger partial charge in [0, 0.05) is 32.1 Å². The maximum Gasteiger partial charge on any atom is 0.178 e. The van der Waals surface area contributed by atoms with Crippen LogP contribution in [0.1, 0.15) is 25.0 Å². The predicted octanol–water partition coefficient (Wildman–Crippen LogP) is 11.5. The van der Waals surface area contributed by atoms with Gasteiger partial charge in [0.15, 0.2) is 30.1 Å². The first-order chi connectivity index (χ1) is 24.9. The Morgan fingerprint density at radius 1 is 0.451 bits per heavy atom. The molecule has 8 aromatic carbocycles. The molecule has 4 heteroatoms. The molecule has 0 spiro atoms. The van der Waals surface area contributed by atoms with Crippen LogP contribution in [0.25, 0.3) is 43.8 Å². The van der Waals surface area contributed by atoms with Gasteiger partial charge >= 0.3 is 0 Å². The van der Waals surface area contributed by atoms with Crippen LogP contribution in [-0.2, 0) is 9.98 Å². The van der Waals surface area contributed by atoms with E-state index >= 15 is 4.57 Å². The molecule has 0 saturated heterocycles. The van der Waals surface area contributed by atoms with Gasteiger partial charge in [-0.1, -0.05) is 153 Å². The maximum atomic E-state index is 15.3. The molecule has 0 N–H and O–H groups in total. The van der Waals surface area contributed by atoms with Crippen molar-refractivity contribution in [1.29, 1.82) is 0 Å². The lowest BCUT2D eigenvalue weighted by Crippen LogP contribution is -2.26. The maximum absolute atomic E-state index is 15.3. The average molecular weight is 677 g/mol. The zero-order valence-electron chi connectivity index (χ0n) is 28.3. The average Bonchev–Trinajstić information content (AvgIpc) is 3.42. The Hall–Kier alpha value is -5.89. The molecule has 0 saturated carbocycles. The fourth-order valence-corrected chi connectivity index (χ4v) is 10.9. The summed E-state index contributed by atoms with van der Waals surface area (Å²) in [4.78, 5) is 0. The summed E-state index contributed by atoms with van der Waals surface area (Å²) in [5.41, 5.74) is 6.72. The third-order valence-corrected chi connectivity index (χ3v) is 13.9. The molecule has 2 aliphatic rings. The van der Waals surface area contributed by atoms with Gasteiger partial charge in [-0.25, -0.2) is 0 Å². The molecule has 0 unspecified atom stereocenters. The number of benzene rings is 8. The van der Waals surface area contributed by atoms with Crippen LogP contribution in [0.4, 0.5) is 0 Å². The van der Waals surface area contributed by atoms with Crippen LogP contribution >= 0.6 is 7.14 Å². The molecular weight excluding hydrogens is 643 g/mol. The van der Waals surface area contributed by atoms with Gasteiger partial charge in [-0.3, -0.25) is 0 Å². The molecular formula is C47H33O3P. The first-order valence-electron chi connectivity index (χ1n) is 17.4. The van der Waals surface area contributed by atoms with Crippen LogP contribution < -0.4 is 25.4 Å². The number of fused-ring (bicyclic) bond motifs is 9. The van der Waals surface area contributed by atoms with Crippen LogP contribution in [-0.4, -0.2) is 0 Å². The monoisotopic (exact) mass is 676 g/mol. The van der Waals surface area contributed by atoms with Crippen LogP contribution in [0.3, 0.4) is 0 Å². The van der Waals surface area contributed by atoms with Gasteiger partial charge in [0.25, 0.3) is 0 Å². The number of rotatable bonds is 4. The molecule has 1 aliphatic heterocycles. The van der Waals surface area contributed by atoms with Crippen LogP contribution in [0, 0.1) is 0 Å². The van der Waals surface area contributed by atoms with Crippen molar-refractivity contribution in [3.63, 3.8) is 0 Å². The van der Waals surface area contributed by atoms with Crippen molar-refractivity contribution >= 4 is 44.6 Å². The van der Waals surface area contributed by atoms with Crippen molar-refractivity contribution in [1.82, 2.24) is 0 Å². The second-order valence-corrected chi connectivity index (χ2v) is 16.8. The van der Waals surface area contributed by atoms with Crippen molar-refractivity contribution < 1.29 is 14.0 Å². The summed E-state index contributed by atoms with van der Waals surface area (Å²) in [5.74, 6) is 2.91. The highest BCUT2D eigenvalue weighted by atomic mass is 31.2. The minimum Gasteiger partial charge on any atom is -0.449 e. The largest absolute Gasteiger partial charge is 0.449 e. The summed E-state index contributed by atoms with van der Waals surface area (Å²) in [5, 5.41) is 6.79. The quantitative estimate of drug-likeness (QED) is 0.174. The summed E-state index contributed by atoms with van der Waals surface area (Å²) < 4.78 is 28.6. The van der Waals surface area contributed by atoms with E-state index in [0.29, 0.717) is 11.5 Å².